The van der Waals surface area contributed by atoms with Gasteiger partial charge in [0.15, 0.2) is 0 Å². The van der Waals surface area contributed by atoms with Crippen LogP contribution in [0.1, 0.15) is 120 Å². The number of Topliss-reactive ketones (excluding diaryl/α,β-unsaturated/α-hetero) is 1. The molecular weight excluding hydrogens is 404 g/mol. The molecule has 0 heterocycles. The van der Waals surface area contributed by atoms with E-state index >= 15 is 0 Å². The highest BCUT2D eigenvalue weighted by molar-refractivity contribution is 5.82. The van der Waals surface area contributed by atoms with Crippen LogP contribution in [-0.4, -0.2) is 17.0 Å². The number of rotatable bonds is 1. The molecule has 0 spiro atoms. The highest BCUT2D eigenvalue weighted by Gasteiger charge is 2.68. The zero-order chi connectivity index (χ0) is 24.2. The fourth-order valence-corrected chi connectivity index (χ4v) is 10.7. The average Bonchev–Trinajstić information content (AvgIpc) is 2.73. The fourth-order valence-electron chi connectivity index (χ4n) is 10.7. The molecule has 0 unspecified atom stereocenters. The van der Waals surface area contributed by atoms with Gasteiger partial charge in [0.25, 0.3) is 0 Å². The van der Waals surface area contributed by atoms with Gasteiger partial charge in [-0.2, -0.15) is 0 Å². The van der Waals surface area contributed by atoms with Crippen molar-refractivity contribution in [1.29, 1.82) is 0 Å². The van der Waals surface area contributed by atoms with Gasteiger partial charge >= 0.3 is 0 Å². The van der Waals surface area contributed by atoms with Crippen LogP contribution < -0.4 is 0 Å². The smallest absolute Gasteiger partial charge is 0.135 e. The topological polar surface area (TPSA) is 37.3 Å². The van der Waals surface area contributed by atoms with E-state index in [0.717, 1.165) is 19.3 Å². The Morgan fingerprint density at radius 1 is 0.879 bits per heavy atom. The maximum absolute atomic E-state index is 12.7. The minimum absolute atomic E-state index is 0.0109. The Balaban J connectivity index is 1.57. The van der Waals surface area contributed by atoms with Crippen LogP contribution in [0, 0.1) is 50.2 Å². The van der Waals surface area contributed by atoms with Crippen molar-refractivity contribution >= 4 is 5.78 Å². The summed E-state index contributed by atoms with van der Waals surface area (Å²) in [6.45, 7) is 19.2. The first-order chi connectivity index (χ1) is 15.1. The molecule has 1 N–H and O–H groups in total. The summed E-state index contributed by atoms with van der Waals surface area (Å²) in [5, 5.41) is 10.9. The number of fused-ring (bicyclic) bond motifs is 7. The predicted octanol–water partition coefficient (Wildman–Crippen LogP) is 7.74. The van der Waals surface area contributed by atoms with Gasteiger partial charge in [0, 0.05) is 5.41 Å². The van der Waals surface area contributed by atoms with Gasteiger partial charge in [-0.3, -0.25) is 4.79 Å². The molecule has 2 nitrogen and oxygen atoms in total. The molecule has 0 saturated heterocycles. The first-order valence-electron chi connectivity index (χ1n) is 14.0. The van der Waals surface area contributed by atoms with E-state index in [9.17, 15) is 9.90 Å². The third-order valence-corrected chi connectivity index (χ3v) is 13.7. The highest BCUT2D eigenvalue weighted by Crippen LogP contribution is 2.75. The van der Waals surface area contributed by atoms with E-state index < -0.39 is 0 Å². The van der Waals surface area contributed by atoms with E-state index in [2.05, 4.69) is 54.5 Å². The van der Waals surface area contributed by atoms with E-state index in [-0.39, 0.29) is 22.3 Å². The predicted molar refractivity (Wildman–Crippen MR) is 136 cm³/mol. The molecular formula is C31H50O2. The van der Waals surface area contributed by atoms with Crippen LogP contribution in [0.15, 0.2) is 11.6 Å². The summed E-state index contributed by atoms with van der Waals surface area (Å²) in [6, 6.07) is 0. The quantitative estimate of drug-likeness (QED) is 0.411. The summed E-state index contributed by atoms with van der Waals surface area (Å²) >= 11 is 0. The summed E-state index contributed by atoms with van der Waals surface area (Å²) in [6.07, 6.45) is 14.3. The maximum Gasteiger partial charge on any atom is 0.135 e. The van der Waals surface area contributed by atoms with Crippen molar-refractivity contribution in [3.63, 3.8) is 0 Å². The zero-order valence-corrected chi connectivity index (χ0v) is 22.8. The van der Waals surface area contributed by atoms with Crippen LogP contribution >= 0.6 is 0 Å². The highest BCUT2D eigenvalue weighted by atomic mass is 16.3. The number of allylic oxidation sites excluding steroid dienone is 2. The average molecular weight is 455 g/mol. The third kappa shape index (κ3) is 2.91. The number of carbonyl (C=O) groups excluding carboxylic acids is 1. The van der Waals surface area contributed by atoms with E-state index in [0.29, 0.717) is 39.8 Å². The molecule has 0 aromatic heterocycles. The van der Waals surface area contributed by atoms with Gasteiger partial charge in [-0.05, 0) is 116 Å². The summed E-state index contributed by atoms with van der Waals surface area (Å²) in [7, 11) is 0. The molecule has 5 rings (SSSR count). The lowest BCUT2D eigenvalue weighted by atomic mass is 9.33. The number of ketones is 1. The van der Waals surface area contributed by atoms with Gasteiger partial charge < -0.3 is 5.11 Å². The summed E-state index contributed by atoms with van der Waals surface area (Å²) in [5.74, 6) is 2.26. The number of hydrogen-bond donors (Lipinski definition) is 1. The van der Waals surface area contributed by atoms with Crippen LogP contribution in [0.2, 0.25) is 0 Å². The molecule has 2 heteroatoms. The summed E-state index contributed by atoms with van der Waals surface area (Å²) in [4.78, 5) is 12.7. The minimum Gasteiger partial charge on any atom is -0.393 e. The van der Waals surface area contributed by atoms with E-state index in [1.54, 1.807) is 5.57 Å². The second-order valence-corrected chi connectivity index (χ2v) is 15.2. The second-order valence-electron chi connectivity index (χ2n) is 15.2. The van der Waals surface area contributed by atoms with Crippen molar-refractivity contribution in [3.05, 3.63) is 11.6 Å². The molecule has 5 aliphatic rings. The number of aliphatic hydroxyl groups excluding tert-OH is 1. The van der Waals surface area contributed by atoms with Gasteiger partial charge in [-0.15, -0.1) is 0 Å². The second kappa shape index (κ2) is 6.98. The van der Waals surface area contributed by atoms with Crippen LogP contribution in [0.25, 0.3) is 0 Å². The van der Waals surface area contributed by atoms with E-state index in [1.807, 2.05) is 6.92 Å². The third-order valence-electron chi connectivity index (χ3n) is 13.7. The zero-order valence-electron chi connectivity index (χ0n) is 22.8. The number of aliphatic hydroxyl groups is 1. The van der Waals surface area contributed by atoms with Crippen molar-refractivity contribution in [1.82, 2.24) is 0 Å². The molecule has 4 fully saturated rings. The lowest BCUT2D eigenvalue weighted by molar-refractivity contribution is -0.203. The molecule has 0 amide bonds. The Morgan fingerprint density at radius 2 is 1.55 bits per heavy atom. The summed E-state index contributed by atoms with van der Waals surface area (Å²) in [5.41, 5.74) is 2.82. The van der Waals surface area contributed by atoms with E-state index in [4.69, 9.17) is 0 Å². The molecule has 5 aliphatic carbocycles. The Kier molecular flexibility index (Phi) is 5.10. The molecule has 0 aromatic rings. The maximum atomic E-state index is 12.7. The van der Waals surface area contributed by atoms with Crippen molar-refractivity contribution in [2.45, 2.75) is 126 Å². The largest absolute Gasteiger partial charge is 0.393 e. The molecule has 186 valence electrons. The van der Waals surface area contributed by atoms with Crippen LogP contribution in [0.4, 0.5) is 0 Å². The molecule has 4 saturated carbocycles. The normalized spacial score (nSPS) is 55.4. The molecule has 0 radical (unpaired) electrons. The summed E-state index contributed by atoms with van der Waals surface area (Å²) < 4.78 is 0. The van der Waals surface area contributed by atoms with Crippen molar-refractivity contribution < 1.29 is 9.90 Å². The van der Waals surface area contributed by atoms with Crippen molar-refractivity contribution in [3.8, 4) is 0 Å². The SMILES string of the molecule is CC(=O)[C@@]1(C)CC[C@]2(C)CC[C@]3(C)C(=CC[C@@H]4[C@@]5(C)CC[C@H](O)C(C)(C)[C@@H]5CC[C@]43C)[C@@H]2C1. The van der Waals surface area contributed by atoms with Crippen LogP contribution in [0.3, 0.4) is 0 Å². The van der Waals surface area contributed by atoms with Gasteiger partial charge in [0.1, 0.15) is 5.78 Å². The van der Waals surface area contributed by atoms with Gasteiger partial charge in [-0.25, -0.2) is 0 Å². The van der Waals surface area contributed by atoms with Gasteiger partial charge in [-0.1, -0.05) is 60.1 Å². The Bertz CT molecular complexity index is 885. The number of carbonyl (C=O) groups is 1. The number of hydrogen-bond acceptors (Lipinski definition) is 2. The molecule has 33 heavy (non-hydrogen) atoms. The lowest BCUT2D eigenvalue weighted by Crippen LogP contribution is -2.64. The fraction of sp³-hybridized carbons (Fsp3) is 0.903. The van der Waals surface area contributed by atoms with Crippen molar-refractivity contribution in [2.75, 3.05) is 0 Å². The van der Waals surface area contributed by atoms with Crippen molar-refractivity contribution in [2.24, 2.45) is 50.2 Å². The minimum atomic E-state index is -0.160. The van der Waals surface area contributed by atoms with Crippen LogP contribution in [-0.2, 0) is 4.79 Å². The van der Waals surface area contributed by atoms with Gasteiger partial charge in [0.2, 0.25) is 0 Å². The standard InChI is InChI=1S/C31H50O2/c1-20(32)28(5)16-15-27(4)17-18-30(7)21(22(27)19-28)9-10-24-29(6)13-12-25(33)26(2,3)23(29)11-14-31(24,30)8/h9,22-25,33H,10-19H2,1-8H3/t22-,23-,24+,25-,27+,28-,29-,30+,31+/m0/s1. The molecule has 9 atom stereocenters. The molecule has 0 aromatic carbocycles. The Labute approximate surface area is 203 Å². The van der Waals surface area contributed by atoms with Crippen LogP contribution in [0.5, 0.6) is 0 Å². The monoisotopic (exact) mass is 454 g/mol. The first-order valence-corrected chi connectivity index (χ1v) is 14.0. The van der Waals surface area contributed by atoms with Gasteiger partial charge in [0.05, 0.1) is 6.10 Å². The Hall–Kier alpha value is -0.630. The molecule has 0 aliphatic heterocycles. The van der Waals surface area contributed by atoms with E-state index in [1.165, 1.54) is 44.9 Å². The Morgan fingerprint density at radius 3 is 2.21 bits per heavy atom. The molecule has 0 bridgehead atoms. The lowest BCUT2D eigenvalue weighted by Gasteiger charge is -2.71. The first kappa shape index (κ1) is 24.1.